The summed E-state index contributed by atoms with van der Waals surface area (Å²) >= 11 is 0. The fourth-order valence-corrected chi connectivity index (χ4v) is 2.93. The van der Waals surface area contributed by atoms with Crippen molar-refractivity contribution in [2.24, 2.45) is 0 Å². The van der Waals surface area contributed by atoms with Crippen LogP contribution in [0.5, 0.6) is 0 Å². The van der Waals surface area contributed by atoms with Crippen LogP contribution in [0.2, 0.25) is 0 Å². The van der Waals surface area contributed by atoms with E-state index in [1.807, 2.05) is 12.1 Å². The van der Waals surface area contributed by atoms with Gasteiger partial charge in [0.15, 0.2) is 0 Å². The molecule has 0 saturated carbocycles. The van der Waals surface area contributed by atoms with Crippen LogP contribution in [-0.2, 0) is 6.61 Å². The first-order valence-corrected chi connectivity index (χ1v) is 7.28. The van der Waals surface area contributed by atoms with Gasteiger partial charge in [0.25, 0.3) is 0 Å². The Morgan fingerprint density at radius 1 is 1.40 bits per heavy atom. The van der Waals surface area contributed by atoms with E-state index in [0.717, 1.165) is 43.7 Å². The number of likely N-dealkylation sites (N-methyl/N-ethyl adjacent to an activating group) is 1. The predicted molar refractivity (Wildman–Crippen MR) is 80.6 cm³/mol. The van der Waals surface area contributed by atoms with Gasteiger partial charge < -0.3 is 14.9 Å². The van der Waals surface area contributed by atoms with Crippen molar-refractivity contribution >= 4 is 5.69 Å². The van der Waals surface area contributed by atoms with Gasteiger partial charge in [-0.3, -0.25) is 0 Å². The Bertz CT molecular complexity index is 495. The number of nitriles is 1. The van der Waals surface area contributed by atoms with Crippen LogP contribution in [0.4, 0.5) is 5.69 Å². The SMILES string of the molecule is CCC1CN(C)CCCN1c1ccc(CO)cc1C#N. The molecule has 2 rings (SSSR count). The van der Waals surface area contributed by atoms with E-state index in [1.165, 1.54) is 0 Å². The Morgan fingerprint density at radius 2 is 2.20 bits per heavy atom. The number of aliphatic hydroxyl groups is 1. The molecule has 0 aliphatic carbocycles. The minimum atomic E-state index is -0.0189. The molecule has 0 bridgehead atoms. The number of anilines is 1. The lowest BCUT2D eigenvalue weighted by molar-refractivity contribution is 0.282. The summed E-state index contributed by atoms with van der Waals surface area (Å²) in [7, 11) is 2.16. The van der Waals surface area contributed by atoms with Crippen molar-refractivity contribution in [3.05, 3.63) is 29.3 Å². The molecule has 0 aromatic heterocycles. The quantitative estimate of drug-likeness (QED) is 0.915. The molecule has 4 nitrogen and oxygen atoms in total. The molecule has 1 heterocycles. The van der Waals surface area contributed by atoms with Crippen LogP contribution >= 0.6 is 0 Å². The molecule has 1 fully saturated rings. The van der Waals surface area contributed by atoms with E-state index in [1.54, 1.807) is 6.07 Å². The van der Waals surface area contributed by atoms with Gasteiger partial charge >= 0.3 is 0 Å². The zero-order valence-electron chi connectivity index (χ0n) is 12.3. The van der Waals surface area contributed by atoms with E-state index >= 15 is 0 Å². The Kier molecular flexibility index (Phi) is 4.99. The van der Waals surface area contributed by atoms with Crippen LogP contribution in [0.25, 0.3) is 0 Å². The fourth-order valence-electron chi connectivity index (χ4n) is 2.93. The number of benzene rings is 1. The second-order valence-corrected chi connectivity index (χ2v) is 5.49. The first kappa shape index (κ1) is 14.8. The average molecular weight is 273 g/mol. The monoisotopic (exact) mass is 273 g/mol. The lowest BCUT2D eigenvalue weighted by Crippen LogP contribution is -2.40. The minimum absolute atomic E-state index is 0.0189. The van der Waals surface area contributed by atoms with Gasteiger partial charge in [-0.15, -0.1) is 0 Å². The summed E-state index contributed by atoms with van der Waals surface area (Å²) in [4.78, 5) is 4.73. The molecule has 1 saturated heterocycles. The summed E-state index contributed by atoms with van der Waals surface area (Å²) in [5.41, 5.74) is 2.47. The highest BCUT2D eigenvalue weighted by molar-refractivity contribution is 5.61. The van der Waals surface area contributed by atoms with Crippen molar-refractivity contribution in [1.82, 2.24) is 4.90 Å². The molecule has 1 unspecified atom stereocenters. The maximum Gasteiger partial charge on any atom is 0.101 e. The lowest BCUT2D eigenvalue weighted by Gasteiger charge is -2.33. The van der Waals surface area contributed by atoms with Crippen molar-refractivity contribution in [2.45, 2.75) is 32.4 Å². The number of rotatable bonds is 3. The van der Waals surface area contributed by atoms with E-state index < -0.39 is 0 Å². The second-order valence-electron chi connectivity index (χ2n) is 5.49. The van der Waals surface area contributed by atoms with Gasteiger partial charge in [-0.1, -0.05) is 13.0 Å². The third-order valence-corrected chi connectivity index (χ3v) is 4.05. The van der Waals surface area contributed by atoms with Crippen LogP contribution in [0, 0.1) is 11.3 Å². The van der Waals surface area contributed by atoms with Crippen LogP contribution in [0.15, 0.2) is 18.2 Å². The van der Waals surface area contributed by atoms with Crippen LogP contribution in [0.3, 0.4) is 0 Å². The highest BCUT2D eigenvalue weighted by Crippen LogP contribution is 2.26. The Morgan fingerprint density at radius 3 is 2.85 bits per heavy atom. The molecular formula is C16H23N3O. The summed E-state index contributed by atoms with van der Waals surface area (Å²) in [6.07, 6.45) is 2.18. The summed E-state index contributed by atoms with van der Waals surface area (Å²) in [5, 5.41) is 18.6. The molecule has 20 heavy (non-hydrogen) atoms. The zero-order chi connectivity index (χ0) is 14.5. The largest absolute Gasteiger partial charge is 0.392 e. The normalized spacial score (nSPS) is 20.5. The van der Waals surface area contributed by atoms with E-state index in [0.29, 0.717) is 11.6 Å². The number of hydrogen-bond acceptors (Lipinski definition) is 4. The summed E-state index contributed by atoms with van der Waals surface area (Å²) < 4.78 is 0. The maximum atomic E-state index is 9.38. The van der Waals surface area contributed by atoms with E-state index in [-0.39, 0.29) is 6.61 Å². The topological polar surface area (TPSA) is 50.5 Å². The van der Waals surface area contributed by atoms with Gasteiger partial charge in [0.1, 0.15) is 6.07 Å². The smallest absolute Gasteiger partial charge is 0.101 e. The molecule has 1 aromatic rings. The first-order valence-electron chi connectivity index (χ1n) is 7.28. The van der Waals surface area contributed by atoms with Crippen molar-refractivity contribution in [1.29, 1.82) is 5.26 Å². The van der Waals surface area contributed by atoms with Gasteiger partial charge in [-0.05, 0) is 44.1 Å². The standard InChI is InChI=1S/C16H23N3O/c1-3-15-11-18(2)7-4-8-19(15)16-6-5-13(12-20)9-14(16)10-17/h5-6,9,15,20H,3-4,7-8,11-12H2,1-2H3. The van der Waals surface area contributed by atoms with E-state index in [9.17, 15) is 10.4 Å². The molecule has 0 spiro atoms. The Hall–Kier alpha value is -1.57. The molecule has 1 N–H and O–H groups in total. The van der Waals surface area contributed by atoms with Crippen molar-refractivity contribution in [3.63, 3.8) is 0 Å². The minimum Gasteiger partial charge on any atom is -0.392 e. The molecule has 1 atom stereocenters. The van der Waals surface area contributed by atoms with E-state index in [4.69, 9.17) is 0 Å². The third-order valence-electron chi connectivity index (χ3n) is 4.05. The third kappa shape index (κ3) is 3.12. The van der Waals surface area contributed by atoms with Crippen LogP contribution < -0.4 is 4.90 Å². The maximum absolute atomic E-state index is 9.38. The molecule has 1 aromatic carbocycles. The van der Waals surface area contributed by atoms with Crippen LogP contribution in [-0.4, -0.2) is 42.7 Å². The Labute approximate surface area is 121 Å². The van der Waals surface area contributed by atoms with Crippen molar-refractivity contribution < 1.29 is 5.11 Å². The van der Waals surface area contributed by atoms with Gasteiger partial charge in [0.05, 0.1) is 17.9 Å². The zero-order valence-corrected chi connectivity index (χ0v) is 12.3. The summed E-state index contributed by atoms with van der Waals surface area (Å²) in [6, 6.07) is 8.42. The van der Waals surface area contributed by atoms with Crippen molar-refractivity contribution in [2.75, 3.05) is 31.6 Å². The molecule has 0 radical (unpaired) electrons. The fraction of sp³-hybridized carbons (Fsp3) is 0.562. The molecular weight excluding hydrogens is 250 g/mol. The lowest BCUT2D eigenvalue weighted by atomic mass is 10.1. The van der Waals surface area contributed by atoms with Gasteiger partial charge in [-0.2, -0.15) is 5.26 Å². The number of aliphatic hydroxyl groups excluding tert-OH is 1. The average Bonchev–Trinajstić information content (AvgIpc) is 2.67. The Balaban J connectivity index is 2.35. The van der Waals surface area contributed by atoms with Gasteiger partial charge in [0.2, 0.25) is 0 Å². The predicted octanol–water partition coefficient (Wildman–Crippen LogP) is 1.97. The molecule has 0 amide bonds. The van der Waals surface area contributed by atoms with Gasteiger partial charge in [-0.25, -0.2) is 0 Å². The number of hydrogen-bond donors (Lipinski definition) is 1. The molecule has 4 heteroatoms. The van der Waals surface area contributed by atoms with Gasteiger partial charge in [0, 0.05) is 19.1 Å². The summed E-state index contributed by atoms with van der Waals surface area (Å²) in [5.74, 6) is 0. The molecule has 1 aliphatic rings. The van der Waals surface area contributed by atoms with Crippen molar-refractivity contribution in [3.8, 4) is 6.07 Å². The molecule has 108 valence electrons. The first-order chi connectivity index (χ1) is 9.69. The highest BCUT2D eigenvalue weighted by atomic mass is 16.3. The van der Waals surface area contributed by atoms with Crippen LogP contribution in [0.1, 0.15) is 30.9 Å². The summed E-state index contributed by atoms with van der Waals surface area (Å²) in [6.45, 7) is 5.29. The highest BCUT2D eigenvalue weighted by Gasteiger charge is 2.24. The second kappa shape index (κ2) is 6.74. The number of nitrogens with zero attached hydrogens (tertiary/aromatic N) is 3. The van der Waals surface area contributed by atoms with E-state index in [2.05, 4.69) is 29.8 Å². The molecule has 1 aliphatic heterocycles.